The number of methoxy groups -OCH3 is 1. The second kappa shape index (κ2) is 15.8. The van der Waals surface area contributed by atoms with Crippen LogP contribution in [-0.4, -0.2) is 93.4 Å². The summed E-state index contributed by atoms with van der Waals surface area (Å²) in [4.78, 5) is 65.2. The fraction of sp³-hybridized carbons (Fsp3) is 0.538. The van der Waals surface area contributed by atoms with Crippen LogP contribution in [0.5, 0.6) is 11.5 Å². The van der Waals surface area contributed by atoms with Crippen molar-refractivity contribution in [2.45, 2.75) is 114 Å². The third-order valence-corrected chi connectivity index (χ3v) is 11.5. The number of anilines is 1. The van der Waals surface area contributed by atoms with E-state index < -0.39 is 47.6 Å². The molecule has 4 N–H and O–H groups in total. The topological polar surface area (TPSA) is 181 Å². The summed E-state index contributed by atoms with van der Waals surface area (Å²) in [6.45, 7) is 4.11. The molecule has 2 aromatic heterocycles. The molecular weight excluding hydrogens is 713 g/mol. The number of carbonyl (C=O) groups excluding carboxylic acids is 3. The van der Waals surface area contributed by atoms with Crippen LogP contribution >= 0.6 is 11.3 Å². The van der Waals surface area contributed by atoms with Crippen molar-refractivity contribution in [1.82, 2.24) is 25.5 Å². The number of hydrogen-bond donors (Lipinski definition) is 4. The van der Waals surface area contributed by atoms with Crippen LogP contribution in [-0.2, 0) is 19.1 Å². The van der Waals surface area contributed by atoms with Crippen molar-refractivity contribution < 1.29 is 38.5 Å². The van der Waals surface area contributed by atoms with Gasteiger partial charge in [-0.25, -0.2) is 19.6 Å². The van der Waals surface area contributed by atoms with Crippen LogP contribution in [0, 0.1) is 5.92 Å². The molecule has 7 rings (SSSR count). The SMILES string of the molecule is COc1ccc2c(O[C@@H]3C[C@H]4C(=O)N[C@]5(C(=O)O)CC5/C=C\CCCCC[C@@H](NC(=O)OC5CCC5)C(=O)N4C3)cc(-c3csc(NC(C)C)n3)nc2c1. The molecule has 1 aromatic carbocycles. The van der Waals surface area contributed by atoms with E-state index in [1.807, 2.05) is 55.6 Å². The number of allylic oxidation sites excluding steroid dienone is 1. The molecule has 3 fully saturated rings. The smallest absolute Gasteiger partial charge is 0.408 e. The van der Waals surface area contributed by atoms with Crippen molar-refractivity contribution in [3.8, 4) is 22.9 Å². The van der Waals surface area contributed by atoms with Gasteiger partial charge in [0.25, 0.3) is 0 Å². The molecule has 15 heteroatoms. The summed E-state index contributed by atoms with van der Waals surface area (Å²) < 4.78 is 17.7. The molecule has 14 nitrogen and oxygen atoms in total. The number of fused-ring (bicyclic) bond motifs is 3. The fourth-order valence-electron chi connectivity index (χ4n) is 7.38. The second-order valence-corrected chi connectivity index (χ2v) is 15.9. The van der Waals surface area contributed by atoms with Gasteiger partial charge in [0.15, 0.2) is 5.13 Å². The van der Waals surface area contributed by atoms with Crippen LogP contribution in [0.3, 0.4) is 0 Å². The second-order valence-electron chi connectivity index (χ2n) is 15.0. The van der Waals surface area contributed by atoms with Crippen LogP contribution in [0.2, 0.25) is 0 Å². The maximum atomic E-state index is 14.5. The summed E-state index contributed by atoms with van der Waals surface area (Å²) in [5.74, 6) is -1.37. The van der Waals surface area contributed by atoms with Gasteiger partial charge in [0.05, 0.1) is 24.9 Å². The van der Waals surface area contributed by atoms with E-state index in [0.717, 1.165) is 43.7 Å². The molecule has 5 atom stereocenters. The minimum Gasteiger partial charge on any atom is -0.497 e. The van der Waals surface area contributed by atoms with Crippen LogP contribution < -0.4 is 25.4 Å². The molecule has 3 aromatic rings. The predicted octanol–water partition coefficient (Wildman–Crippen LogP) is 5.66. The Labute approximate surface area is 318 Å². The molecule has 1 unspecified atom stereocenters. The third-order valence-electron chi connectivity index (χ3n) is 10.7. The lowest BCUT2D eigenvalue weighted by Crippen LogP contribution is -2.56. The van der Waals surface area contributed by atoms with Crippen LogP contribution in [0.15, 0.2) is 41.8 Å². The van der Waals surface area contributed by atoms with E-state index >= 15 is 0 Å². The van der Waals surface area contributed by atoms with Crippen LogP contribution in [0.1, 0.15) is 78.1 Å². The number of nitrogens with zero attached hydrogens (tertiary/aromatic N) is 3. The molecule has 0 spiro atoms. The average Bonchev–Trinajstić information content (AvgIpc) is 3.40. The maximum absolute atomic E-state index is 14.5. The van der Waals surface area contributed by atoms with Gasteiger partial charge in [-0.3, -0.25) is 9.59 Å². The first-order chi connectivity index (χ1) is 26.0. The number of amides is 3. The number of hydrogen-bond acceptors (Lipinski definition) is 11. The Morgan fingerprint density at radius 1 is 1.06 bits per heavy atom. The number of rotatable bonds is 9. The molecule has 1 saturated heterocycles. The van der Waals surface area contributed by atoms with Crippen molar-refractivity contribution in [2.75, 3.05) is 19.0 Å². The Morgan fingerprint density at radius 2 is 1.89 bits per heavy atom. The normalized spacial score (nSPS) is 26.7. The Bertz CT molecular complexity index is 1930. The number of carboxylic acids is 1. The zero-order valence-electron chi connectivity index (χ0n) is 30.8. The number of carboxylic acid groups (broad SMARTS) is 1. The number of alkyl carbamates (subject to hydrolysis) is 1. The summed E-state index contributed by atoms with van der Waals surface area (Å²) in [7, 11) is 1.58. The average molecular weight is 761 g/mol. The number of thiazole rings is 1. The van der Waals surface area contributed by atoms with Crippen molar-refractivity contribution in [1.29, 1.82) is 0 Å². The van der Waals surface area contributed by atoms with Gasteiger partial charge in [0, 0.05) is 41.3 Å². The van der Waals surface area contributed by atoms with Gasteiger partial charge < -0.3 is 40.2 Å². The minimum atomic E-state index is -1.45. The van der Waals surface area contributed by atoms with Gasteiger partial charge in [0.2, 0.25) is 11.8 Å². The largest absolute Gasteiger partial charge is 0.497 e. The Hall–Kier alpha value is -4.92. The van der Waals surface area contributed by atoms with E-state index in [0.29, 0.717) is 46.6 Å². The maximum Gasteiger partial charge on any atom is 0.408 e. The first-order valence-corrected chi connectivity index (χ1v) is 19.8. The lowest BCUT2D eigenvalue weighted by atomic mass is 9.96. The van der Waals surface area contributed by atoms with Gasteiger partial charge in [-0.2, -0.15) is 0 Å². The van der Waals surface area contributed by atoms with Crippen molar-refractivity contribution >= 4 is 51.2 Å². The number of pyridine rings is 1. The highest BCUT2D eigenvalue weighted by Crippen LogP contribution is 2.45. The molecule has 288 valence electrons. The number of benzene rings is 1. The fourth-order valence-corrected chi connectivity index (χ4v) is 8.23. The molecular formula is C39H48N6O8S. The highest BCUT2D eigenvalue weighted by molar-refractivity contribution is 7.14. The molecule has 4 aliphatic rings. The summed E-state index contributed by atoms with van der Waals surface area (Å²) in [5.41, 5.74) is 0.393. The number of aromatic nitrogens is 2. The quantitative estimate of drug-likeness (QED) is 0.198. The van der Waals surface area contributed by atoms with Crippen molar-refractivity contribution in [2.24, 2.45) is 5.92 Å². The Balaban J connectivity index is 1.20. The summed E-state index contributed by atoms with van der Waals surface area (Å²) in [6, 6.07) is 5.50. The van der Waals surface area contributed by atoms with Crippen LogP contribution in [0.4, 0.5) is 9.93 Å². The van der Waals surface area contributed by atoms with E-state index in [2.05, 4.69) is 16.0 Å². The monoisotopic (exact) mass is 760 g/mol. The first kappa shape index (κ1) is 37.4. The Morgan fingerprint density at radius 3 is 2.63 bits per heavy atom. The third kappa shape index (κ3) is 8.10. The molecule has 2 aliphatic carbocycles. The van der Waals surface area contributed by atoms with Gasteiger partial charge in [-0.15, -0.1) is 11.3 Å². The molecule has 54 heavy (non-hydrogen) atoms. The van der Waals surface area contributed by atoms with Gasteiger partial charge in [-0.05, 0) is 70.9 Å². The van der Waals surface area contributed by atoms with E-state index in [9.17, 15) is 24.3 Å². The van der Waals surface area contributed by atoms with E-state index in [-0.39, 0.29) is 37.5 Å². The molecule has 0 bridgehead atoms. The lowest BCUT2D eigenvalue weighted by Gasteiger charge is -2.30. The minimum absolute atomic E-state index is 0.0324. The number of nitrogens with one attached hydrogen (secondary N) is 3. The highest BCUT2D eigenvalue weighted by Gasteiger charge is 2.61. The van der Waals surface area contributed by atoms with Gasteiger partial charge in [-0.1, -0.05) is 25.0 Å². The zero-order chi connectivity index (χ0) is 38.0. The number of ether oxygens (including phenoxy) is 3. The molecule has 2 saturated carbocycles. The summed E-state index contributed by atoms with van der Waals surface area (Å²) in [6.07, 6.45) is 8.73. The standard InChI is InChI=1S/C39H48N6O8S/c1-22(2)40-37-42-31(21-54-37)30-18-33(27-15-14-25(51-3)16-29(27)41-30)52-26-17-32-34(46)44-39(36(48)49)19-23(39)10-7-5-4-6-8-13-28(35(47)45(32)20-26)43-38(50)53-24-11-9-12-24/h7,10,14-16,18,21-24,26,28,32H,4-6,8-9,11-13,17,19-20H2,1-3H3,(H,40,42)(H,43,50)(H,44,46)(H,48,49)/b10-7-/t23?,26-,28-,32+,39-/m1/s1. The van der Waals surface area contributed by atoms with E-state index in [1.54, 1.807) is 7.11 Å². The van der Waals surface area contributed by atoms with Gasteiger partial charge >= 0.3 is 12.1 Å². The highest BCUT2D eigenvalue weighted by atomic mass is 32.1. The molecule has 4 heterocycles. The predicted molar refractivity (Wildman–Crippen MR) is 203 cm³/mol. The van der Waals surface area contributed by atoms with E-state index in [1.165, 1.54) is 16.2 Å². The van der Waals surface area contributed by atoms with E-state index in [4.69, 9.17) is 24.2 Å². The molecule has 2 aliphatic heterocycles. The zero-order valence-corrected chi connectivity index (χ0v) is 31.7. The molecule has 0 radical (unpaired) electrons. The summed E-state index contributed by atoms with van der Waals surface area (Å²) >= 11 is 1.47. The van der Waals surface area contributed by atoms with Gasteiger partial charge in [0.1, 0.15) is 47.0 Å². The summed E-state index contributed by atoms with van der Waals surface area (Å²) in [5, 5.41) is 22.6. The first-order valence-electron chi connectivity index (χ1n) is 18.9. The number of carbonyl (C=O) groups is 4. The Kier molecular flexibility index (Phi) is 11.0. The lowest BCUT2D eigenvalue weighted by molar-refractivity contribution is -0.145. The van der Waals surface area contributed by atoms with Crippen molar-refractivity contribution in [3.63, 3.8) is 0 Å². The van der Waals surface area contributed by atoms with Crippen LogP contribution in [0.25, 0.3) is 22.3 Å². The number of aliphatic carboxylic acids is 1. The molecule has 3 amide bonds. The van der Waals surface area contributed by atoms with Crippen molar-refractivity contribution in [3.05, 3.63) is 41.8 Å².